The Kier molecular flexibility index (Phi) is 4.15. The van der Waals surface area contributed by atoms with Crippen LogP contribution in [0.3, 0.4) is 0 Å². The molecule has 0 unspecified atom stereocenters. The molecular formula is C7H7ClF3NOS. The van der Waals surface area contributed by atoms with Crippen LogP contribution >= 0.6 is 22.9 Å². The van der Waals surface area contributed by atoms with Gasteiger partial charge in [-0.05, 0) is 0 Å². The fraction of sp³-hybridized carbons (Fsp3) is 0.571. The van der Waals surface area contributed by atoms with Crippen LogP contribution in [-0.2, 0) is 17.2 Å². The van der Waals surface area contributed by atoms with Crippen LogP contribution in [0.1, 0.15) is 10.7 Å². The van der Waals surface area contributed by atoms with Crippen molar-refractivity contribution in [2.24, 2.45) is 0 Å². The van der Waals surface area contributed by atoms with E-state index in [4.69, 9.17) is 11.6 Å². The summed E-state index contributed by atoms with van der Waals surface area (Å²) in [5.74, 6) is 0.260. The summed E-state index contributed by atoms with van der Waals surface area (Å²) in [7, 11) is 0. The highest BCUT2D eigenvalue weighted by atomic mass is 35.5. The first kappa shape index (κ1) is 11.7. The highest BCUT2D eigenvalue weighted by Crippen LogP contribution is 2.17. The summed E-state index contributed by atoms with van der Waals surface area (Å²) < 4.78 is 39.4. The molecule has 0 atom stereocenters. The van der Waals surface area contributed by atoms with Gasteiger partial charge in [0.15, 0.2) is 0 Å². The molecule has 0 N–H and O–H groups in total. The molecule has 0 aromatic carbocycles. The van der Waals surface area contributed by atoms with Gasteiger partial charge in [-0.15, -0.1) is 22.9 Å². The van der Waals surface area contributed by atoms with Crippen LogP contribution in [0.2, 0.25) is 0 Å². The molecule has 1 aromatic heterocycles. The Morgan fingerprint density at radius 3 is 2.71 bits per heavy atom. The quantitative estimate of drug-likeness (QED) is 0.761. The molecule has 0 fully saturated rings. The number of nitrogens with zero attached hydrogens (tertiary/aromatic N) is 1. The molecule has 1 aromatic rings. The molecule has 0 aliphatic carbocycles. The summed E-state index contributed by atoms with van der Waals surface area (Å²) in [6.45, 7) is -1.37. The molecule has 1 rings (SSSR count). The third kappa shape index (κ3) is 4.26. The molecule has 1 heterocycles. The predicted molar refractivity (Wildman–Crippen MR) is 47.4 cm³/mol. The van der Waals surface area contributed by atoms with Crippen LogP contribution in [0, 0.1) is 0 Å². The van der Waals surface area contributed by atoms with Gasteiger partial charge in [-0.2, -0.15) is 13.2 Å². The Bertz CT molecular complexity index is 289. The van der Waals surface area contributed by atoms with Gasteiger partial charge in [0.1, 0.15) is 11.6 Å². The van der Waals surface area contributed by atoms with Crippen molar-refractivity contribution in [2.45, 2.75) is 18.7 Å². The van der Waals surface area contributed by atoms with E-state index in [2.05, 4.69) is 9.72 Å². The number of hydrogen-bond donors (Lipinski definition) is 0. The minimum absolute atomic E-state index is 0.124. The Morgan fingerprint density at radius 2 is 2.21 bits per heavy atom. The monoisotopic (exact) mass is 245 g/mol. The lowest BCUT2D eigenvalue weighted by atomic mass is 10.6. The largest absolute Gasteiger partial charge is 0.411 e. The van der Waals surface area contributed by atoms with E-state index in [1.54, 1.807) is 5.38 Å². The minimum Gasteiger partial charge on any atom is -0.365 e. The summed E-state index contributed by atoms with van der Waals surface area (Å²) >= 11 is 6.71. The third-order valence-electron chi connectivity index (χ3n) is 1.23. The van der Waals surface area contributed by atoms with Crippen LogP contribution < -0.4 is 0 Å². The van der Waals surface area contributed by atoms with Gasteiger partial charge in [-0.25, -0.2) is 4.98 Å². The van der Waals surface area contributed by atoms with Gasteiger partial charge >= 0.3 is 6.18 Å². The number of alkyl halides is 4. The summed E-state index contributed by atoms with van der Waals surface area (Å²) in [6.07, 6.45) is -4.29. The lowest BCUT2D eigenvalue weighted by Crippen LogP contribution is -2.16. The van der Waals surface area contributed by atoms with E-state index >= 15 is 0 Å². The number of ether oxygens (including phenoxy) is 1. The highest BCUT2D eigenvalue weighted by Gasteiger charge is 2.27. The molecule has 80 valence electrons. The zero-order valence-electron chi connectivity index (χ0n) is 6.97. The van der Waals surface area contributed by atoms with Crippen molar-refractivity contribution in [3.63, 3.8) is 0 Å². The van der Waals surface area contributed by atoms with Crippen molar-refractivity contribution < 1.29 is 17.9 Å². The maximum Gasteiger partial charge on any atom is 0.411 e. The first-order valence-corrected chi connectivity index (χ1v) is 5.06. The van der Waals surface area contributed by atoms with Gasteiger partial charge in [-0.3, -0.25) is 0 Å². The van der Waals surface area contributed by atoms with Crippen LogP contribution in [0.15, 0.2) is 5.38 Å². The molecule has 0 saturated carbocycles. The van der Waals surface area contributed by atoms with Gasteiger partial charge in [0.2, 0.25) is 0 Å². The van der Waals surface area contributed by atoms with E-state index in [0.29, 0.717) is 10.7 Å². The lowest BCUT2D eigenvalue weighted by Gasteiger charge is -2.05. The zero-order chi connectivity index (χ0) is 10.6. The molecule has 2 nitrogen and oxygen atoms in total. The molecule has 0 aliphatic rings. The van der Waals surface area contributed by atoms with E-state index in [0.717, 1.165) is 0 Å². The molecule has 14 heavy (non-hydrogen) atoms. The van der Waals surface area contributed by atoms with Crippen molar-refractivity contribution in [2.75, 3.05) is 6.61 Å². The summed E-state index contributed by atoms with van der Waals surface area (Å²) in [4.78, 5) is 3.94. The average molecular weight is 246 g/mol. The summed E-state index contributed by atoms with van der Waals surface area (Å²) in [5.41, 5.74) is 0.655. The van der Waals surface area contributed by atoms with E-state index in [-0.39, 0.29) is 12.5 Å². The fourth-order valence-corrected chi connectivity index (χ4v) is 1.69. The molecule has 0 bridgehead atoms. The van der Waals surface area contributed by atoms with E-state index in [1.807, 2.05) is 0 Å². The second kappa shape index (κ2) is 4.95. The molecule has 7 heteroatoms. The van der Waals surface area contributed by atoms with Crippen molar-refractivity contribution in [3.05, 3.63) is 16.1 Å². The molecule has 0 saturated heterocycles. The van der Waals surface area contributed by atoms with Gasteiger partial charge in [0.05, 0.1) is 18.2 Å². The summed E-state index contributed by atoms with van der Waals surface area (Å²) in [5, 5.41) is 2.20. The summed E-state index contributed by atoms with van der Waals surface area (Å²) in [6, 6.07) is 0. The second-order valence-electron chi connectivity index (χ2n) is 2.47. The maximum absolute atomic E-state index is 11.7. The first-order chi connectivity index (χ1) is 6.51. The van der Waals surface area contributed by atoms with Gasteiger partial charge in [-0.1, -0.05) is 0 Å². The minimum atomic E-state index is -4.29. The molecule has 0 aliphatic heterocycles. The molecule has 0 amide bonds. The fourth-order valence-electron chi connectivity index (χ4n) is 0.731. The van der Waals surface area contributed by atoms with Crippen LogP contribution in [0.4, 0.5) is 13.2 Å². The van der Waals surface area contributed by atoms with Crippen molar-refractivity contribution in [1.29, 1.82) is 0 Å². The van der Waals surface area contributed by atoms with Crippen LogP contribution in [0.25, 0.3) is 0 Å². The number of halogens is 4. The standard InChI is InChI=1S/C7H7ClF3NOS/c8-1-5-3-14-6(12-5)2-13-4-7(9,10)11/h3H,1-2,4H2. The van der Waals surface area contributed by atoms with Gasteiger partial charge in [0, 0.05) is 5.38 Å². The van der Waals surface area contributed by atoms with Crippen molar-refractivity contribution in [1.82, 2.24) is 4.98 Å². The Labute approximate surface area is 87.7 Å². The predicted octanol–water partition coefficient (Wildman–Crippen LogP) is 2.96. The number of rotatable bonds is 4. The third-order valence-corrected chi connectivity index (χ3v) is 2.37. The smallest absolute Gasteiger partial charge is 0.365 e. The topological polar surface area (TPSA) is 22.1 Å². The average Bonchev–Trinajstić information content (AvgIpc) is 2.50. The lowest BCUT2D eigenvalue weighted by molar-refractivity contribution is -0.176. The normalized spacial score (nSPS) is 12.0. The number of aromatic nitrogens is 1. The van der Waals surface area contributed by atoms with Crippen LogP contribution in [0.5, 0.6) is 0 Å². The Balaban J connectivity index is 2.31. The van der Waals surface area contributed by atoms with Crippen LogP contribution in [-0.4, -0.2) is 17.8 Å². The number of hydrogen-bond acceptors (Lipinski definition) is 3. The highest BCUT2D eigenvalue weighted by molar-refractivity contribution is 7.09. The Hall–Kier alpha value is -0.330. The molecule has 0 spiro atoms. The number of thiazole rings is 1. The zero-order valence-corrected chi connectivity index (χ0v) is 8.55. The maximum atomic E-state index is 11.7. The molecular weight excluding hydrogens is 239 g/mol. The molecule has 0 radical (unpaired) electrons. The van der Waals surface area contributed by atoms with E-state index < -0.39 is 12.8 Å². The van der Waals surface area contributed by atoms with Crippen molar-refractivity contribution >= 4 is 22.9 Å². The Morgan fingerprint density at radius 1 is 1.50 bits per heavy atom. The van der Waals surface area contributed by atoms with Crippen molar-refractivity contribution in [3.8, 4) is 0 Å². The van der Waals surface area contributed by atoms with E-state index in [1.165, 1.54) is 11.3 Å². The second-order valence-corrected chi connectivity index (χ2v) is 3.68. The van der Waals surface area contributed by atoms with Gasteiger partial charge < -0.3 is 4.74 Å². The van der Waals surface area contributed by atoms with E-state index in [9.17, 15) is 13.2 Å². The SMILES string of the molecule is FC(F)(F)COCc1nc(CCl)cs1. The van der Waals surface area contributed by atoms with Gasteiger partial charge in [0.25, 0.3) is 0 Å². The first-order valence-electron chi connectivity index (χ1n) is 3.65.